The van der Waals surface area contributed by atoms with Crippen molar-refractivity contribution in [3.05, 3.63) is 82.8 Å². The summed E-state index contributed by atoms with van der Waals surface area (Å²) in [6.07, 6.45) is -0.973. The van der Waals surface area contributed by atoms with Crippen LogP contribution in [-0.2, 0) is 5.60 Å². The Labute approximate surface area is 167 Å². The van der Waals surface area contributed by atoms with Gasteiger partial charge in [-0.05, 0) is 48.2 Å². The third-order valence-corrected chi connectivity index (χ3v) is 7.37. The molecule has 29 heavy (non-hydrogen) atoms. The van der Waals surface area contributed by atoms with E-state index in [4.69, 9.17) is 0 Å². The Kier molecular flexibility index (Phi) is 4.78. The molecule has 0 spiro atoms. The lowest BCUT2D eigenvalue weighted by Crippen LogP contribution is -2.34. The van der Waals surface area contributed by atoms with Gasteiger partial charge in [-0.1, -0.05) is 30.3 Å². The van der Waals surface area contributed by atoms with E-state index in [1.807, 2.05) is 30.3 Å². The molecule has 152 valence electrons. The Morgan fingerprint density at radius 1 is 1.10 bits per heavy atom. The number of allylic oxidation sites excluding steroid dienone is 3. The molecule has 3 aromatic rings. The molecular formula is C21H18F4N2OS. The number of thiol groups is 1. The fourth-order valence-electron chi connectivity index (χ4n) is 3.36. The molecule has 0 amide bonds. The highest BCUT2D eigenvalue weighted by atomic mass is 32.2. The summed E-state index contributed by atoms with van der Waals surface area (Å²) in [6, 6.07) is 14.2. The average molecular weight is 422 g/mol. The van der Waals surface area contributed by atoms with E-state index in [0.717, 1.165) is 17.3 Å². The molecule has 8 heteroatoms. The van der Waals surface area contributed by atoms with Crippen molar-refractivity contribution in [1.29, 1.82) is 0 Å². The Morgan fingerprint density at radius 2 is 1.83 bits per heavy atom. The molecule has 2 heterocycles. The van der Waals surface area contributed by atoms with Gasteiger partial charge in [0.15, 0.2) is 5.50 Å². The van der Waals surface area contributed by atoms with Crippen LogP contribution in [-0.4, -0.2) is 26.6 Å². The van der Waals surface area contributed by atoms with E-state index in [1.54, 1.807) is 23.0 Å². The van der Waals surface area contributed by atoms with Crippen LogP contribution in [0.2, 0.25) is 0 Å². The Balaban J connectivity index is 1.69. The molecule has 0 aliphatic carbocycles. The lowest BCUT2D eigenvalue weighted by molar-refractivity contribution is -0.0841. The van der Waals surface area contributed by atoms with Crippen LogP contribution in [0.5, 0.6) is 0 Å². The van der Waals surface area contributed by atoms with E-state index >= 15 is 4.39 Å². The van der Waals surface area contributed by atoms with Crippen LogP contribution < -0.4 is 0 Å². The van der Waals surface area contributed by atoms with Crippen molar-refractivity contribution in [2.24, 2.45) is 0 Å². The van der Waals surface area contributed by atoms with E-state index < -0.39 is 33.1 Å². The van der Waals surface area contributed by atoms with Crippen LogP contribution >= 0.6 is 10.9 Å². The number of hydrogen-bond acceptors (Lipinski definition) is 2. The second kappa shape index (κ2) is 7.03. The van der Waals surface area contributed by atoms with Gasteiger partial charge in [0.05, 0.1) is 22.3 Å². The fraction of sp³-hybridized carbons (Fsp3) is 0.190. The van der Waals surface area contributed by atoms with E-state index in [1.165, 1.54) is 24.5 Å². The number of benzene rings is 2. The molecule has 1 aliphatic heterocycles. The van der Waals surface area contributed by atoms with Crippen LogP contribution in [0.15, 0.2) is 77.2 Å². The van der Waals surface area contributed by atoms with Crippen molar-refractivity contribution in [1.82, 2.24) is 9.78 Å². The second-order valence-electron chi connectivity index (χ2n) is 6.95. The maximum absolute atomic E-state index is 15.2. The number of hydrogen-bond donors (Lipinski definition) is 2. The summed E-state index contributed by atoms with van der Waals surface area (Å²) in [5, 5.41) is 17.0. The molecule has 0 saturated heterocycles. The van der Waals surface area contributed by atoms with Gasteiger partial charge >= 0.3 is 6.18 Å². The predicted octanol–water partition coefficient (Wildman–Crippen LogP) is 5.50. The van der Waals surface area contributed by atoms with Crippen LogP contribution in [0.3, 0.4) is 0 Å². The summed E-state index contributed by atoms with van der Waals surface area (Å²) in [5.74, 6) is 0. The molecule has 1 N–H and O–H groups in total. The van der Waals surface area contributed by atoms with Gasteiger partial charge in [-0.3, -0.25) is 0 Å². The zero-order valence-electron chi connectivity index (χ0n) is 15.3. The molecular weight excluding hydrogens is 404 g/mol. The standard InChI is InChI=1S/C21H18F4N2OS/c1-20(28,19(22)29-11-5-8-18(29)21(23,24)25)15-9-10-17-14(12-15)13-26-27(17)16-6-3-2-4-7-16/h2-13,19,28-29H,1H3. The lowest BCUT2D eigenvalue weighted by Gasteiger charge is -2.34. The van der Waals surface area contributed by atoms with E-state index in [0.29, 0.717) is 5.39 Å². The van der Waals surface area contributed by atoms with Gasteiger partial charge in [0.25, 0.3) is 0 Å². The van der Waals surface area contributed by atoms with E-state index in [2.05, 4.69) is 5.10 Å². The maximum atomic E-state index is 15.2. The molecule has 0 bridgehead atoms. The number of para-hydroxylation sites is 1. The number of fused-ring (bicyclic) bond motifs is 1. The zero-order valence-corrected chi connectivity index (χ0v) is 16.2. The lowest BCUT2D eigenvalue weighted by atomic mass is 9.96. The van der Waals surface area contributed by atoms with Crippen molar-refractivity contribution < 1.29 is 22.7 Å². The van der Waals surface area contributed by atoms with Crippen LogP contribution in [0.1, 0.15) is 12.5 Å². The maximum Gasteiger partial charge on any atom is 0.420 e. The van der Waals surface area contributed by atoms with E-state index in [9.17, 15) is 18.3 Å². The van der Waals surface area contributed by atoms with Crippen LogP contribution in [0.4, 0.5) is 17.6 Å². The number of aliphatic hydroxyl groups is 1. The van der Waals surface area contributed by atoms with Crippen molar-refractivity contribution >= 4 is 21.8 Å². The van der Waals surface area contributed by atoms with Gasteiger partial charge in [0.2, 0.25) is 0 Å². The Hall–Kier alpha value is -2.58. The summed E-state index contributed by atoms with van der Waals surface area (Å²) in [7, 11) is -2.33. The molecule has 3 unspecified atom stereocenters. The van der Waals surface area contributed by atoms with Gasteiger partial charge < -0.3 is 5.11 Å². The molecule has 3 atom stereocenters. The minimum absolute atomic E-state index is 0.203. The summed E-state index contributed by atoms with van der Waals surface area (Å²) in [6.45, 7) is 1.21. The molecule has 0 radical (unpaired) electrons. The molecule has 1 aliphatic rings. The first-order valence-corrected chi connectivity index (χ1v) is 10.3. The Morgan fingerprint density at radius 3 is 2.52 bits per heavy atom. The largest absolute Gasteiger partial charge is 0.420 e. The molecule has 0 fully saturated rings. The van der Waals surface area contributed by atoms with Gasteiger partial charge in [-0.2, -0.15) is 29.2 Å². The molecule has 3 nitrogen and oxygen atoms in total. The molecule has 0 saturated carbocycles. The number of rotatable bonds is 4. The first-order chi connectivity index (χ1) is 13.7. The van der Waals surface area contributed by atoms with Gasteiger partial charge in [0, 0.05) is 5.39 Å². The minimum Gasteiger partial charge on any atom is -0.382 e. The SMILES string of the molecule is CC(O)(c1ccc2c(cnn2-c2ccccc2)c1)C(F)[SH]1C=CC=C1C(F)(F)F. The predicted molar refractivity (Wildman–Crippen MR) is 108 cm³/mol. The van der Waals surface area contributed by atoms with Gasteiger partial charge in [0.1, 0.15) is 5.60 Å². The third-order valence-electron chi connectivity index (χ3n) is 4.93. The van der Waals surface area contributed by atoms with Gasteiger partial charge in [-0.25, -0.2) is 9.07 Å². The summed E-state index contributed by atoms with van der Waals surface area (Å²) >= 11 is 0. The highest BCUT2D eigenvalue weighted by molar-refractivity contribution is 8.23. The zero-order chi connectivity index (χ0) is 20.8. The van der Waals surface area contributed by atoms with Gasteiger partial charge in [-0.15, -0.1) is 0 Å². The minimum atomic E-state index is -4.63. The second-order valence-corrected chi connectivity index (χ2v) is 9.00. The number of alkyl halides is 4. The highest BCUT2D eigenvalue weighted by Gasteiger charge is 2.46. The molecule has 1 aromatic heterocycles. The van der Waals surface area contributed by atoms with Crippen molar-refractivity contribution in [2.75, 3.05) is 0 Å². The summed E-state index contributed by atoms with van der Waals surface area (Å²) in [4.78, 5) is -0.932. The first-order valence-electron chi connectivity index (χ1n) is 8.84. The smallest absolute Gasteiger partial charge is 0.382 e. The van der Waals surface area contributed by atoms with Crippen molar-refractivity contribution in [2.45, 2.75) is 24.2 Å². The van der Waals surface area contributed by atoms with Crippen LogP contribution in [0.25, 0.3) is 16.6 Å². The quantitative estimate of drug-likeness (QED) is 0.430. The Bertz CT molecular complexity index is 1100. The van der Waals surface area contributed by atoms with Crippen molar-refractivity contribution in [3.63, 3.8) is 0 Å². The monoisotopic (exact) mass is 422 g/mol. The summed E-state index contributed by atoms with van der Waals surface area (Å²) in [5.41, 5.74) is -2.41. The van der Waals surface area contributed by atoms with Crippen molar-refractivity contribution in [3.8, 4) is 5.69 Å². The van der Waals surface area contributed by atoms with E-state index in [-0.39, 0.29) is 5.56 Å². The molecule has 4 rings (SSSR count). The fourth-order valence-corrected chi connectivity index (χ4v) is 5.43. The topological polar surface area (TPSA) is 38.1 Å². The summed E-state index contributed by atoms with van der Waals surface area (Å²) < 4.78 is 56.4. The number of aromatic nitrogens is 2. The average Bonchev–Trinajstić information content (AvgIpc) is 3.34. The van der Waals surface area contributed by atoms with Crippen LogP contribution in [0, 0.1) is 0 Å². The first kappa shape index (κ1) is 19.7. The number of halogens is 4. The third kappa shape index (κ3) is 3.47. The number of nitrogens with zero attached hydrogens (tertiary/aromatic N) is 2. The highest BCUT2D eigenvalue weighted by Crippen LogP contribution is 2.56. The normalized spacial score (nSPS) is 21.2. The molecule has 2 aromatic carbocycles.